The summed E-state index contributed by atoms with van der Waals surface area (Å²) < 4.78 is 22.3. The molecule has 16 nitrogen and oxygen atoms in total. The minimum Gasteiger partial charge on any atom is -0.493 e. The number of nitrogens with two attached hydrogens (primary N) is 1. The Morgan fingerprint density at radius 1 is 1.18 bits per heavy atom. The molecule has 2 aromatic heterocycles. The van der Waals surface area contributed by atoms with Crippen molar-refractivity contribution in [3.8, 4) is 17.3 Å². The fraction of sp³-hybridized carbons (Fsp3) is 0.321. The quantitative estimate of drug-likeness (QED) is 0.213. The number of methoxy groups -OCH3 is 1. The second-order valence-electron chi connectivity index (χ2n) is 10.1. The fourth-order valence-electron chi connectivity index (χ4n) is 5.11. The Hall–Kier alpha value is -5.22. The van der Waals surface area contributed by atoms with Crippen LogP contribution in [-0.4, -0.2) is 88.4 Å². The number of benzene rings is 2. The van der Waals surface area contributed by atoms with Crippen molar-refractivity contribution < 1.29 is 28.4 Å². The molecule has 1 fully saturated rings. The van der Waals surface area contributed by atoms with E-state index in [1.807, 2.05) is 18.2 Å². The van der Waals surface area contributed by atoms with Gasteiger partial charge < -0.3 is 29.7 Å². The number of nitrogen functional groups attached to an aromatic ring is 1. The van der Waals surface area contributed by atoms with Gasteiger partial charge in [-0.1, -0.05) is 35.0 Å². The third kappa shape index (κ3) is 6.37. The topological polar surface area (TPSA) is 188 Å². The lowest BCUT2D eigenvalue weighted by Gasteiger charge is -2.31. The van der Waals surface area contributed by atoms with Gasteiger partial charge in [0, 0.05) is 25.3 Å². The van der Waals surface area contributed by atoms with Crippen molar-refractivity contribution in [3.63, 3.8) is 0 Å². The molecule has 0 spiro atoms. The number of halogens is 1. The first kappa shape index (κ1) is 29.8. The number of amides is 2. The maximum Gasteiger partial charge on any atom is 0.415 e. The van der Waals surface area contributed by atoms with Crippen LogP contribution < -0.4 is 25.5 Å². The molecule has 2 amide bonds. The highest BCUT2D eigenvalue weighted by molar-refractivity contribution is 6.32. The van der Waals surface area contributed by atoms with E-state index in [4.69, 9.17) is 36.2 Å². The van der Waals surface area contributed by atoms with E-state index in [-0.39, 0.29) is 40.4 Å². The van der Waals surface area contributed by atoms with Crippen LogP contribution in [0.5, 0.6) is 11.5 Å². The van der Waals surface area contributed by atoms with Gasteiger partial charge in [0.1, 0.15) is 0 Å². The van der Waals surface area contributed by atoms with Crippen LogP contribution in [0.1, 0.15) is 33.7 Å². The van der Waals surface area contributed by atoms with Crippen LogP contribution in [0.15, 0.2) is 46.1 Å². The number of anilines is 2. The summed E-state index contributed by atoms with van der Waals surface area (Å²) in [6.45, 7) is 2.71. The van der Waals surface area contributed by atoms with Crippen LogP contribution >= 0.6 is 11.6 Å². The second-order valence-corrected chi connectivity index (χ2v) is 10.5. The highest BCUT2D eigenvalue weighted by Gasteiger charge is 2.27. The molecule has 2 aliphatic rings. The average Bonchev–Trinajstić information content (AvgIpc) is 3.68. The van der Waals surface area contributed by atoms with Crippen molar-refractivity contribution in [3.05, 3.63) is 63.9 Å². The smallest absolute Gasteiger partial charge is 0.415 e. The number of aryl methyl sites for hydroxylation is 1. The number of ether oxygens (including phenoxy) is 3. The Morgan fingerprint density at radius 3 is 2.78 bits per heavy atom. The molecular formula is C28H29ClN10O6. The van der Waals surface area contributed by atoms with Gasteiger partial charge in [-0.25, -0.2) is 14.8 Å². The van der Waals surface area contributed by atoms with Crippen molar-refractivity contribution in [1.29, 1.82) is 0 Å². The maximum absolute atomic E-state index is 13.4. The van der Waals surface area contributed by atoms with Gasteiger partial charge in [-0.05, 0) is 52.5 Å². The number of morpholine rings is 1. The van der Waals surface area contributed by atoms with E-state index in [9.17, 15) is 9.59 Å². The summed E-state index contributed by atoms with van der Waals surface area (Å²) in [4.78, 5) is 29.6. The minimum atomic E-state index is -0.623. The molecule has 0 saturated carbocycles. The molecule has 0 bridgehead atoms. The number of aromatic nitrogens is 5. The molecule has 2 aliphatic heterocycles. The molecule has 45 heavy (non-hydrogen) atoms. The van der Waals surface area contributed by atoms with Crippen LogP contribution in [0.25, 0.3) is 5.82 Å². The van der Waals surface area contributed by atoms with Crippen LogP contribution in [0, 0.1) is 0 Å². The van der Waals surface area contributed by atoms with E-state index in [1.165, 1.54) is 34.5 Å². The third-order valence-electron chi connectivity index (χ3n) is 7.31. The monoisotopic (exact) mass is 636 g/mol. The number of nitrogens with one attached hydrogen (secondary N) is 1. The van der Waals surface area contributed by atoms with Gasteiger partial charge in [0.2, 0.25) is 11.6 Å². The Balaban J connectivity index is 1.21. The summed E-state index contributed by atoms with van der Waals surface area (Å²) in [6, 6.07) is 11.2. The highest BCUT2D eigenvalue weighted by atomic mass is 35.5. The molecule has 4 heterocycles. The van der Waals surface area contributed by atoms with Gasteiger partial charge in [-0.2, -0.15) is 9.78 Å². The number of carbonyl (C=O) groups excluding carboxylic acids is 2. The lowest BCUT2D eigenvalue weighted by Crippen LogP contribution is -2.42. The molecule has 3 N–H and O–H groups in total. The second kappa shape index (κ2) is 13.2. The Morgan fingerprint density at radius 2 is 2.00 bits per heavy atom. The number of fused-ring (bicyclic) bond motifs is 1. The molecule has 0 unspecified atom stereocenters. The Kier molecular flexibility index (Phi) is 8.74. The highest BCUT2D eigenvalue weighted by Crippen LogP contribution is 2.36. The van der Waals surface area contributed by atoms with E-state index in [0.29, 0.717) is 37.6 Å². The van der Waals surface area contributed by atoms with Gasteiger partial charge in [-0.15, -0.1) is 5.10 Å². The number of nitrogens with zero attached hydrogens (tertiary/aromatic N) is 8. The largest absolute Gasteiger partial charge is 0.493 e. The number of carbonyl (C=O) groups is 2. The van der Waals surface area contributed by atoms with E-state index in [1.54, 1.807) is 6.07 Å². The van der Waals surface area contributed by atoms with Gasteiger partial charge in [0.25, 0.3) is 5.91 Å². The van der Waals surface area contributed by atoms with E-state index >= 15 is 0 Å². The summed E-state index contributed by atoms with van der Waals surface area (Å²) in [5.74, 6) is -0.236. The maximum atomic E-state index is 13.4. The zero-order chi connectivity index (χ0) is 31.3. The van der Waals surface area contributed by atoms with Crippen LogP contribution in [0.2, 0.25) is 5.02 Å². The van der Waals surface area contributed by atoms with Crippen molar-refractivity contribution in [2.24, 2.45) is 5.10 Å². The molecule has 4 aromatic rings. The van der Waals surface area contributed by atoms with Crippen molar-refractivity contribution in [2.75, 3.05) is 50.6 Å². The summed E-state index contributed by atoms with van der Waals surface area (Å²) in [5, 5.41) is 19.9. The number of rotatable bonds is 8. The fourth-order valence-corrected chi connectivity index (χ4v) is 5.37. The summed E-state index contributed by atoms with van der Waals surface area (Å²) in [6.07, 6.45) is 2.70. The standard InChI is InChI=1S/C28H29ClN10O6/c1-42-22-14-17(13-19(29)24(22)44-28(41)37-9-11-43-12-10-37)15-31-33-27(40)23-21(39(36-32-23)26-25(30)34-45-35-26)16-38-8-4-6-18-5-2-3-7-20(18)38/h2-3,5,7,13-15H,4,6,8-12,16H2,1H3,(H2,30,34)(H,33,40)/b31-15-. The van der Waals surface area contributed by atoms with E-state index in [2.05, 4.69) is 42.1 Å². The minimum absolute atomic E-state index is 0.00456. The first-order chi connectivity index (χ1) is 21.9. The molecule has 17 heteroatoms. The Bertz CT molecular complexity index is 1730. The number of hydrogen-bond donors (Lipinski definition) is 2. The predicted octanol–water partition coefficient (Wildman–Crippen LogP) is 2.44. The molecule has 6 rings (SSSR count). The lowest BCUT2D eigenvalue weighted by molar-refractivity contribution is 0.0413. The van der Waals surface area contributed by atoms with Gasteiger partial charge in [0.05, 0.1) is 43.8 Å². The molecule has 1 saturated heterocycles. The van der Waals surface area contributed by atoms with Crippen LogP contribution in [0.3, 0.4) is 0 Å². The summed E-state index contributed by atoms with van der Waals surface area (Å²) >= 11 is 6.44. The molecule has 234 valence electrons. The molecule has 0 aliphatic carbocycles. The predicted molar refractivity (Wildman–Crippen MR) is 161 cm³/mol. The first-order valence-electron chi connectivity index (χ1n) is 14.0. The molecule has 0 radical (unpaired) electrons. The van der Waals surface area contributed by atoms with Crippen LogP contribution in [0.4, 0.5) is 16.3 Å². The van der Waals surface area contributed by atoms with E-state index < -0.39 is 12.0 Å². The number of hydrazone groups is 1. The van der Waals surface area contributed by atoms with Gasteiger partial charge >= 0.3 is 6.09 Å². The van der Waals surface area contributed by atoms with Crippen molar-refractivity contribution in [2.45, 2.75) is 19.4 Å². The normalized spacial score (nSPS) is 14.8. The zero-order valence-corrected chi connectivity index (χ0v) is 24.9. The van der Waals surface area contributed by atoms with Gasteiger partial charge in [0.15, 0.2) is 17.2 Å². The molecule has 2 aromatic carbocycles. The number of hydrogen-bond acceptors (Lipinski definition) is 13. The lowest BCUT2D eigenvalue weighted by atomic mass is 10.0. The van der Waals surface area contributed by atoms with Crippen molar-refractivity contribution >= 4 is 41.3 Å². The summed E-state index contributed by atoms with van der Waals surface area (Å²) in [5.41, 5.74) is 11.6. The average molecular weight is 637 g/mol. The third-order valence-corrected chi connectivity index (χ3v) is 7.59. The zero-order valence-electron chi connectivity index (χ0n) is 24.2. The molecule has 0 atom stereocenters. The van der Waals surface area contributed by atoms with Gasteiger partial charge in [-0.3, -0.25) is 4.79 Å². The van der Waals surface area contributed by atoms with E-state index in [0.717, 1.165) is 25.1 Å². The summed E-state index contributed by atoms with van der Waals surface area (Å²) in [7, 11) is 1.42. The SMILES string of the molecule is COc1cc(/C=N\NC(=O)c2nnn(-c3nonc3N)c2CN2CCCc3ccccc32)cc(Cl)c1OC(=O)N1CCOCC1. The first-order valence-corrected chi connectivity index (χ1v) is 14.4. The Labute approximate surface area is 261 Å². The number of para-hydroxylation sites is 1. The van der Waals surface area contributed by atoms with Crippen LogP contribution in [-0.2, 0) is 17.7 Å². The van der Waals surface area contributed by atoms with Crippen molar-refractivity contribution in [1.82, 2.24) is 35.6 Å². The molecular weight excluding hydrogens is 608 g/mol.